The highest BCUT2D eigenvalue weighted by molar-refractivity contribution is 8.00. The summed E-state index contributed by atoms with van der Waals surface area (Å²) in [6.07, 6.45) is 5.26. The van der Waals surface area contributed by atoms with Gasteiger partial charge in [-0.05, 0) is 70.6 Å². The van der Waals surface area contributed by atoms with Crippen LogP contribution in [-0.4, -0.2) is 91.8 Å². The van der Waals surface area contributed by atoms with E-state index in [2.05, 4.69) is 12.2 Å². The van der Waals surface area contributed by atoms with E-state index in [0.717, 1.165) is 37.8 Å². The maximum atomic E-state index is 13.9. The average molecular weight is 629 g/mol. The van der Waals surface area contributed by atoms with Crippen molar-refractivity contribution in [3.05, 3.63) is 27.4 Å². The first-order chi connectivity index (χ1) is 20.0. The summed E-state index contributed by atoms with van der Waals surface area (Å²) in [6, 6.07) is 0.132. The lowest BCUT2D eigenvalue weighted by Crippen LogP contribution is -2.57. The Bertz CT molecular complexity index is 1240. The summed E-state index contributed by atoms with van der Waals surface area (Å²) in [7, 11) is 0. The number of hydrogen-bond acceptors (Lipinski definition) is 7. The number of fused-ring (bicyclic) bond motifs is 2. The van der Waals surface area contributed by atoms with Crippen LogP contribution >= 0.6 is 23.4 Å². The van der Waals surface area contributed by atoms with Crippen LogP contribution in [0.2, 0.25) is 0 Å². The minimum atomic E-state index is -2.65. The number of ether oxygens (including phenoxy) is 1. The van der Waals surface area contributed by atoms with E-state index >= 15 is 0 Å². The van der Waals surface area contributed by atoms with E-state index in [-0.39, 0.29) is 65.2 Å². The topological polar surface area (TPSA) is 96.7 Å². The van der Waals surface area contributed by atoms with Crippen LogP contribution in [0.3, 0.4) is 0 Å². The van der Waals surface area contributed by atoms with Crippen molar-refractivity contribution >= 4 is 29.3 Å². The van der Waals surface area contributed by atoms with E-state index in [1.54, 1.807) is 16.3 Å². The van der Waals surface area contributed by atoms with Crippen molar-refractivity contribution in [2.24, 2.45) is 17.8 Å². The van der Waals surface area contributed by atoms with Gasteiger partial charge in [0.25, 0.3) is 11.5 Å². The summed E-state index contributed by atoms with van der Waals surface area (Å²) in [5, 5.41) is 13.7. The molecule has 0 aromatic carbocycles. The molecule has 4 fully saturated rings. The zero-order chi connectivity index (χ0) is 29.8. The van der Waals surface area contributed by atoms with Crippen molar-refractivity contribution in [3.8, 4) is 0 Å². The minimum Gasteiger partial charge on any atom is -0.481 e. The third kappa shape index (κ3) is 6.14. The number of thioether (sulfide) groups is 1. The lowest BCUT2D eigenvalue weighted by atomic mass is 9.70. The van der Waals surface area contributed by atoms with E-state index in [9.17, 15) is 23.5 Å². The highest BCUT2D eigenvalue weighted by atomic mass is 35.5. The number of piperidine rings is 1. The van der Waals surface area contributed by atoms with Gasteiger partial charge in [0.2, 0.25) is 0 Å². The molecule has 8 nitrogen and oxygen atoms in total. The molecule has 1 aromatic heterocycles. The SMILES string of the molecule is Cc1nc2c(c(=O)n1CCOC1CCC(Cl)CC1C1CC(C)NC3C(C(=O)O)CSC13)CC(N1CCC(F)(F)C1)CC2. The number of nitrogens with one attached hydrogen (secondary N) is 1. The minimum absolute atomic E-state index is 0.00300. The van der Waals surface area contributed by atoms with Crippen LogP contribution in [-0.2, 0) is 28.9 Å². The fraction of sp³-hybridized carbons (Fsp3) is 0.833. The molecule has 4 heterocycles. The molecule has 5 aliphatic rings. The van der Waals surface area contributed by atoms with E-state index in [4.69, 9.17) is 21.3 Å². The van der Waals surface area contributed by atoms with Gasteiger partial charge in [-0.3, -0.25) is 19.1 Å². The van der Waals surface area contributed by atoms with Crippen LogP contribution < -0.4 is 10.9 Å². The van der Waals surface area contributed by atoms with Crippen LogP contribution in [0, 0.1) is 24.7 Å². The Morgan fingerprint density at radius 3 is 2.81 bits per heavy atom. The monoisotopic (exact) mass is 628 g/mol. The summed E-state index contributed by atoms with van der Waals surface area (Å²) in [6.45, 7) is 4.88. The molecule has 2 aliphatic carbocycles. The number of aliphatic carboxylic acids is 1. The maximum Gasteiger partial charge on any atom is 0.308 e. The smallest absolute Gasteiger partial charge is 0.308 e. The standard InChI is InChI=1S/C30H43ClF2N4O4S/c1-16-11-21(27-26(34-16)23(14-42-27)29(39)40)20-12-18(31)3-6-25(20)41-10-9-37-17(2)35-24-5-4-19(13-22(24)28(37)38)36-8-7-30(32,33)15-36/h16,18-21,23,25-27,34H,3-15H2,1-2H3,(H,39,40). The largest absolute Gasteiger partial charge is 0.481 e. The van der Waals surface area contributed by atoms with Crippen LogP contribution in [0.15, 0.2) is 4.79 Å². The quantitative estimate of drug-likeness (QED) is 0.441. The van der Waals surface area contributed by atoms with Gasteiger partial charge in [-0.1, -0.05) is 0 Å². The first-order valence-corrected chi connectivity index (χ1v) is 17.1. The number of aryl methyl sites for hydroxylation is 2. The maximum absolute atomic E-state index is 13.9. The highest BCUT2D eigenvalue weighted by Gasteiger charge is 2.51. The number of halogens is 3. The molecule has 1 aromatic rings. The van der Waals surface area contributed by atoms with Crippen LogP contribution in [0.5, 0.6) is 0 Å². The number of nitrogens with zero attached hydrogens (tertiary/aromatic N) is 3. The predicted octanol–water partition coefficient (Wildman–Crippen LogP) is 3.73. The number of aromatic nitrogens is 2. The lowest BCUT2D eigenvalue weighted by molar-refractivity contribution is -0.142. The van der Waals surface area contributed by atoms with Gasteiger partial charge in [0.15, 0.2) is 0 Å². The van der Waals surface area contributed by atoms with Crippen molar-refractivity contribution in [2.45, 2.75) is 113 Å². The number of hydrogen-bond donors (Lipinski definition) is 2. The number of rotatable bonds is 7. The van der Waals surface area contributed by atoms with Gasteiger partial charge in [0.05, 0.1) is 37.4 Å². The number of alkyl halides is 3. The molecule has 9 atom stereocenters. The molecule has 3 saturated heterocycles. The number of carbonyl (C=O) groups is 1. The van der Waals surface area contributed by atoms with E-state index in [1.165, 1.54) is 0 Å². The Balaban J connectivity index is 1.13. The molecule has 0 spiro atoms. The summed E-state index contributed by atoms with van der Waals surface area (Å²) in [5.41, 5.74) is 1.39. The van der Waals surface area contributed by atoms with Crippen molar-refractivity contribution < 1.29 is 23.4 Å². The van der Waals surface area contributed by atoms with Gasteiger partial charge in [0, 0.05) is 53.0 Å². The van der Waals surface area contributed by atoms with Gasteiger partial charge in [-0.2, -0.15) is 11.8 Å². The van der Waals surface area contributed by atoms with Gasteiger partial charge in [-0.25, -0.2) is 13.8 Å². The molecule has 42 heavy (non-hydrogen) atoms. The first kappa shape index (κ1) is 30.7. The third-order valence-corrected chi connectivity index (χ3v) is 12.4. The van der Waals surface area contributed by atoms with E-state index < -0.39 is 11.9 Å². The lowest BCUT2D eigenvalue weighted by Gasteiger charge is -2.47. The molecule has 2 N–H and O–H groups in total. The summed E-state index contributed by atoms with van der Waals surface area (Å²) < 4.78 is 36.0. The van der Waals surface area contributed by atoms with Gasteiger partial charge < -0.3 is 15.2 Å². The first-order valence-electron chi connectivity index (χ1n) is 15.6. The number of likely N-dealkylation sites (tertiary alicyclic amines) is 1. The van der Waals surface area contributed by atoms with Gasteiger partial charge >= 0.3 is 5.97 Å². The number of carboxylic acids is 1. The molecule has 6 rings (SSSR count). The van der Waals surface area contributed by atoms with Gasteiger partial charge in [0.1, 0.15) is 5.82 Å². The molecule has 0 radical (unpaired) electrons. The second-order valence-electron chi connectivity index (χ2n) is 13.2. The van der Waals surface area contributed by atoms with E-state index in [1.807, 2.05) is 11.8 Å². The Morgan fingerprint density at radius 1 is 1.26 bits per heavy atom. The summed E-state index contributed by atoms with van der Waals surface area (Å²) >= 11 is 8.47. The van der Waals surface area contributed by atoms with Gasteiger partial charge in [-0.15, -0.1) is 11.6 Å². The van der Waals surface area contributed by atoms with Crippen LogP contribution in [0.4, 0.5) is 8.78 Å². The van der Waals surface area contributed by atoms with Crippen molar-refractivity contribution in [1.82, 2.24) is 19.8 Å². The number of carboxylic acid groups (broad SMARTS) is 1. The molecule has 0 amide bonds. The molecule has 3 aliphatic heterocycles. The Kier molecular flexibility index (Phi) is 8.97. The molecular weight excluding hydrogens is 586 g/mol. The molecule has 0 bridgehead atoms. The predicted molar refractivity (Wildman–Crippen MR) is 159 cm³/mol. The average Bonchev–Trinajstić information content (AvgIpc) is 3.53. The van der Waals surface area contributed by atoms with Crippen LogP contribution in [0.25, 0.3) is 0 Å². The normalized spacial score (nSPS) is 38.3. The second-order valence-corrected chi connectivity index (χ2v) is 15.1. The summed E-state index contributed by atoms with van der Waals surface area (Å²) in [5.74, 6) is -1.93. The van der Waals surface area contributed by atoms with Crippen molar-refractivity contribution in [1.29, 1.82) is 0 Å². The fourth-order valence-electron chi connectivity index (χ4n) is 8.37. The van der Waals surface area contributed by atoms with Crippen LogP contribution in [0.1, 0.15) is 62.5 Å². The Labute approximate surface area is 255 Å². The molecule has 9 unspecified atom stereocenters. The molecular formula is C30H43ClF2N4O4S. The van der Waals surface area contributed by atoms with Crippen molar-refractivity contribution in [2.75, 3.05) is 25.4 Å². The van der Waals surface area contributed by atoms with Crippen molar-refractivity contribution in [3.63, 3.8) is 0 Å². The molecule has 12 heteroatoms. The molecule has 1 saturated carbocycles. The zero-order valence-electron chi connectivity index (χ0n) is 24.4. The third-order valence-electron chi connectivity index (χ3n) is 10.5. The Hall–Kier alpha value is -1.27. The Morgan fingerprint density at radius 2 is 2.07 bits per heavy atom. The molecule has 234 valence electrons. The second kappa shape index (κ2) is 12.3. The van der Waals surface area contributed by atoms with E-state index in [0.29, 0.717) is 55.6 Å². The fourth-order valence-corrected chi connectivity index (χ4v) is 10.5. The summed E-state index contributed by atoms with van der Waals surface area (Å²) in [4.78, 5) is 32.2. The zero-order valence-corrected chi connectivity index (χ0v) is 26.0. The highest BCUT2D eigenvalue weighted by Crippen LogP contribution is 2.48.